The minimum atomic E-state index is -0.478. The Kier molecular flexibility index (Phi) is 3.61. The van der Waals surface area contributed by atoms with Gasteiger partial charge in [-0.25, -0.2) is 9.97 Å². The zero-order chi connectivity index (χ0) is 9.68. The van der Waals surface area contributed by atoms with E-state index in [-0.39, 0.29) is 0 Å². The van der Waals surface area contributed by atoms with E-state index in [2.05, 4.69) is 16.9 Å². The van der Waals surface area contributed by atoms with Gasteiger partial charge in [0, 0.05) is 19.7 Å². The molecule has 1 aromatic heterocycles. The Morgan fingerprint density at radius 3 is 2.85 bits per heavy atom. The molecule has 0 atom stereocenters. The van der Waals surface area contributed by atoms with Crippen LogP contribution < -0.4 is 4.90 Å². The van der Waals surface area contributed by atoms with Crippen molar-refractivity contribution >= 4 is 5.82 Å². The van der Waals surface area contributed by atoms with E-state index in [1.165, 1.54) is 12.4 Å². The summed E-state index contributed by atoms with van der Waals surface area (Å²) >= 11 is 0. The van der Waals surface area contributed by atoms with Crippen LogP contribution in [0.1, 0.15) is 19.8 Å². The highest BCUT2D eigenvalue weighted by Crippen LogP contribution is 2.08. The fourth-order valence-electron chi connectivity index (χ4n) is 1.04. The molecule has 13 heavy (non-hydrogen) atoms. The molecule has 0 aromatic carbocycles. The smallest absolute Gasteiger partial charge is 0.218 e. The van der Waals surface area contributed by atoms with E-state index in [1.807, 2.05) is 11.9 Å². The molecule has 0 fully saturated rings. The average Bonchev–Trinajstić information content (AvgIpc) is 2.14. The Morgan fingerprint density at radius 2 is 2.23 bits per heavy atom. The van der Waals surface area contributed by atoms with Crippen molar-refractivity contribution in [2.45, 2.75) is 19.8 Å². The lowest BCUT2D eigenvalue weighted by atomic mass is 10.3. The van der Waals surface area contributed by atoms with Crippen molar-refractivity contribution < 1.29 is 4.39 Å². The monoisotopic (exact) mass is 183 g/mol. The van der Waals surface area contributed by atoms with Crippen molar-refractivity contribution in [2.24, 2.45) is 0 Å². The Bertz CT molecular complexity index is 265. The molecule has 0 N–H and O–H groups in total. The summed E-state index contributed by atoms with van der Waals surface area (Å²) in [6.07, 6.45) is 3.45. The first-order valence-corrected chi connectivity index (χ1v) is 4.42. The summed E-state index contributed by atoms with van der Waals surface area (Å²) in [5.41, 5.74) is 0. The molecule has 0 unspecified atom stereocenters. The highest BCUT2D eigenvalue weighted by atomic mass is 19.1. The predicted octanol–water partition coefficient (Wildman–Crippen LogP) is 1.85. The van der Waals surface area contributed by atoms with Gasteiger partial charge in [-0.2, -0.15) is 4.39 Å². The molecule has 0 aliphatic carbocycles. The molecule has 0 aliphatic heterocycles. The average molecular weight is 183 g/mol. The van der Waals surface area contributed by atoms with Crippen molar-refractivity contribution in [2.75, 3.05) is 18.5 Å². The Morgan fingerprint density at radius 1 is 1.46 bits per heavy atom. The molecule has 0 saturated heterocycles. The van der Waals surface area contributed by atoms with Crippen molar-refractivity contribution in [1.29, 1.82) is 0 Å². The van der Waals surface area contributed by atoms with Gasteiger partial charge in [0.25, 0.3) is 0 Å². The lowest BCUT2D eigenvalue weighted by Gasteiger charge is -2.16. The quantitative estimate of drug-likeness (QED) is 0.667. The first kappa shape index (κ1) is 9.89. The van der Waals surface area contributed by atoms with Crippen LogP contribution in [0.4, 0.5) is 10.2 Å². The van der Waals surface area contributed by atoms with Gasteiger partial charge in [0.1, 0.15) is 12.1 Å². The molecule has 0 spiro atoms. The van der Waals surface area contributed by atoms with Crippen LogP contribution in [0.2, 0.25) is 0 Å². The molecule has 0 radical (unpaired) electrons. The molecular weight excluding hydrogens is 169 g/mol. The summed E-state index contributed by atoms with van der Waals surface area (Å²) in [6.45, 7) is 3.02. The van der Waals surface area contributed by atoms with Crippen LogP contribution in [0.5, 0.6) is 0 Å². The van der Waals surface area contributed by atoms with Crippen molar-refractivity contribution in [3.63, 3.8) is 0 Å². The fraction of sp³-hybridized carbons (Fsp3) is 0.556. The van der Waals surface area contributed by atoms with Crippen LogP contribution in [0.3, 0.4) is 0 Å². The van der Waals surface area contributed by atoms with Crippen LogP contribution >= 0.6 is 0 Å². The van der Waals surface area contributed by atoms with Crippen LogP contribution in [-0.2, 0) is 0 Å². The van der Waals surface area contributed by atoms with Crippen LogP contribution in [0.15, 0.2) is 12.4 Å². The molecule has 1 aromatic rings. The molecule has 0 amide bonds. The van der Waals surface area contributed by atoms with Gasteiger partial charge in [0.15, 0.2) is 0 Å². The molecule has 0 bridgehead atoms. The number of halogens is 1. The van der Waals surface area contributed by atoms with Gasteiger partial charge in [-0.15, -0.1) is 0 Å². The minimum absolute atomic E-state index is 0.478. The SMILES string of the molecule is CCCCN(C)c1cc(F)ncn1. The number of aromatic nitrogens is 2. The van der Waals surface area contributed by atoms with E-state index in [0.717, 1.165) is 19.4 Å². The van der Waals surface area contributed by atoms with E-state index in [9.17, 15) is 4.39 Å². The van der Waals surface area contributed by atoms with Crippen molar-refractivity contribution in [3.8, 4) is 0 Å². The number of nitrogens with zero attached hydrogens (tertiary/aromatic N) is 3. The summed E-state index contributed by atoms with van der Waals surface area (Å²) in [5, 5.41) is 0. The van der Waals surface area contributed by atoms with E-state index in [0.29, 0.717) is 5.82 Å². The topological polar surface area (TPSA) is 29.0 Å². The second kappa shape index (κ2) is 4.74. The maximum atomic E-state index is 12.7. The Hall–Kier alpha value is -1.19. The van der Waals surface area contributed by atoms with E-state index in [1.54, 1.807) is 0 Å². The van der Waals surface area contributed by atoms with Gasteiger partial charge in [-0.05, 0) is 6.42 Å². The zero-order valence-electron chi connectivity index (χ0n) is 8.00. The number of hydrogen-bond acceptors (Lipinski definition) is 3. The van der Waals surface area contributed by atoms with E-state index in [4.69, 9.17) is 0 Å². The molecule has 0 saturated carbocycles. The molecule has 0 aliphatic rings. The maximum Gasteiger partial charge on any atom is 0.218 e. The summed E-state index contributed by atoms with van der Waals surface area (Å²) in [5.74, 6) is 0.161. The van der Waals surface area contributed by atoms with Gasteiger partial charge < -0.3 is 4.90 Å². The van der Waals surface area contributed by atoms with E-state index >= 15 is 0 Å². The number of hydrogen-bond donors (Lipinski definition) is 0. The first-order chi connectivity index (χ1) is 6.24. The normalized spacial score (nSPS) is 10.1. The maximum absolute atomic E-state index is 12.7. The number of unbranched alkanes of at least 4 members (excludes halogenated alkanes) is 1. The molecule has 4 heteroatoms. The second-order valence-corrected chi connectivity index (χ2v) is 2.97. The third-order valence-corrected chi connectivity index (χ3v) is 1.86. The molecule has 72 valence electrons. The molecule has 1 heterocycles. The summed E-state index contributed by atoms with van der Waals surface area (Å²) in [6, 6.07) is 1.34. The third-order valence-electron chi connectivity index (χ3n) is 1.86. The molecule has 1 rings (SSSR count). The largest absolute Gasteiger partial charge is 0.359 e. The van der Waals surface area contributed by atoms with Crippen LogP contribution in [-0.4, -0.2) is 23.6 Å². The molecule has 3 nitrogen and oxygen atoms in total. The van der Waals surface area contributed by atoms with Crippen LogP contribution in [0, 0.1) is 5.95 Å². The van der Waals surface area contributed by atoms with Crippen molar-refractivity contribution in [3.05, 3.63) is 18.3 Å². The summed E-state index contributed by atoms with van der Waals surface area (Å²) < 4.78 is 12.7. The van der Waals surface area contributed by atoms with Gasteiger partial charge in [-0.1, -0.05) is 13.3 Å². The number of anilines is 1. The van der Waals surface area contributed by atoms with E-state index < -0.39 is 5.95 Å². The highest BCUT2D eigenvalue weighted by Gasteiger charge is 2.02. The lowest BCUT2D eigenvalue weighted by molar-refractivity contribution is 0.578. The van der Waals surface area contributed by atoms with Crippen LogP contribution in [0.25, 0.3) is 0 Å². The summed E-state index contributed by atoms with van der Waals surface area (Å²) in [4.78, 5) is 9.29. The Balaban J connectivity index is 2.60. The molecular formula is C9H14FN3. The second-order valence-electron chi connectivity index (χ2n) is 2.97. The third kappa shape index (κ3) is 2.97. The summed E-state index contributed by atoms with van der Waals surface area (Å²) in [7, 11) is 1.90. The van der Waals surface area contributed by atoms with Gasteiger partial charge in [0.05, 0.1) is 0 Å². The first-order valence-electron chi connectivity index (χ1n) is 4.42. The van der Waals surface area contributed by atoms with Gasteiger partial charge in [-0.3, -0.25) is 0 Å². The van der Waals surface area contributed by atoms with Crippen molar-refractivity contribution in [1.82, 2.24) is 9.97 Å². The zero-order valence-corrected chi connectivity index (χ0v) is 8.00. The lowest BCUT2D eigenvalue weighted by Crippen LogP contribution is -2.19. The minimum Gasteiger partial charge on any atom is -0.359 e. The van der Waals surface area contributed by atoms with Gasteiger partial charge >= 0.3 is 0 Å². The highest BCUT2D eigenvalue weighted by molar-refractivity contribution is 5.35. The van der Waals surface area contributed by atoms with Gasteiger partial charge in [0.2, 0.25) is 5.95 Å². The Labute approximate surface area is 77.6 Å². The standard InChI is InChI=1S/C9H14FN3/c1-3-4-5-13(2)9-6-8(10)11-7-12-9/h6-7H,3-5H2,1-2H3. The number of rotatable bonds is 4. The predicted molar refractivity (Wildman–Crippen MR) is 50.2 cm³/mol. The fourth-order valence-corrected chi connectivity index (χ4v) is 1.04.